The molecule has 0 amide bonds. The van der Waals surface area contributed by atoms with Gasteiger partial charge in [0.1, 0.15) is 0 Å². The summed E-state index contributed by atoms with van der Waals surface area (Å²) >= 11 is 0. The van der Waals surface area contributed by atoms with Crippen molar-refractivity contribution in [1.82, 2.24) is 0 Å². The fourth-order valence-corrected chi connectivity index (χ4v) is 3.19. The Bertz CT molecular complexity index is 184. The van der Waals surface area contributed by atoms with Crippen molar-refractivity contribution < 1.29 is 4.74 Å². The minimum atomic E-state index is 0.465. The van der Waals surface area contributed by atoms with Crippen LogP contribution in [0.5, 0.6) is 0 Å². The van der Waals surface area contributed by atoms with Gasteiger partial charge in [-0.25, -0.2) is 0 Å². The molecule has 2 atom stereocenters. The first-order valence-corrected chi connectivity index (χ1v) is 6.95. The van der Waals surface area contributed by atoms with Crippen LogP contribution < -0.4 is 5.73 Å². The Balaban J connectivity index is 2.36. The van der Waals surface area contributed by atoms with Gasteiger partial charge in [-0.1, -0.05) is 32.6 Å². The van der Waals surface area contributed by atoms with E-state index < -0.39 is 0 Å². The number of methoxy groups -OCH3 is 1. The lowest BCUT2D eigenvalue weighted by molar-refractivity contribution is 0.120. The molecule has 1 fully saturated rings. The second kappa shape index (κ2) is 7.29. The molecule has 2 nitrogen and oxygen atoms in total. The Morgan fingerprint density at radius 2 is 2.19 bits per heavy atom. The number of hydrogen-bond donors (Lipinski definition) is 1. The molecule has 0 bridgehead atoms. The van der Waals surface area contributed by atoms with Gasteiger partial charge in [-0.2, -0.15) is 0 Å². The van der Waals surface area contributed by atoms with Crippen molar-refractivity contribution in [1.29, 1.82) is 0 Å². The average molecular weight is 227 g/mol. The smallest absolute Gasteiger partial charge is 0.0462 e. The fraction of sp³-hybridized carbons (Fsp3) is 1.00. The predicted octanol–water partition coefficient (Wildman–Crippen LogP) is 3.35. The van der Waals surface area contributed by atoms with E-state index in [9.17, 15) is 0 Å². The number of nitrogens with two attached hydrogens (primary N) is 1. The van der Waals surface area contributed by atoms with Crippen molar-refractivity contribution in [2.24, 2.45) is 17.1 Å². The molecular weight excluding hydrogens is 198 g/mol. The topological polar surface area (TPSA) is 35.2 Å². The van der Waals surface area contributed by atoms with Crippen LogP contribution in [0.4, 0.5) is 0 Å². The third kappa shape index (κ3) is 4.06. The highest BCUT2D eigenvalue weighted by atomic mass is 16.5. The molecule has 0 saturated heterocycles. The molecular formula is C14H29NO. The zero-order valence-electron chi connectivity index (χ0n) is 11.1. The SMILES string of the molecule is CCC1CCCC(CN)(CCCCOC)C1. The van der Waals surface area contributed by atoms with E-state index in [1.165, 1.54) is 51.4 Å². The van der Waals surface area contributed by atoms with Gasteiger partial charge in [-0.15, -0.1) is 0 Å². The van der Waals surface area contributed by atoms with E-state index in [1.807, 2.05) is 0 Å². The van der Waals surface area contributed by atoms with E-state index in [4.69, 9.17) is 10.5 Å². The van der Waals surface area contributed by atoms with Crippen molar-refractivity contribution in [3.05, 3.63) is 0 Å². The van der Waals surface area contributed by atoms with Crippen molar-refractivity contribution in [2.45, 2.75) is 58.3 Å². The van der Waals surface area contributed by atoms with E-state index in [2.05, 4.69) is 6.92 Å². The van der Waals surface area contributed by atoms with E-state index in [-0.39, 0.29) is 0 Å². The summed E-state index contributed by atoms with van der Waals surface area (Å²) in [6, 6.07) is 0. The molecule has 0 radical (unpaired) electrons. The quantitative estimate of drug-likeness (QED) is 0.677. The Hall–Kier alpha value is -0.0800. The Morgan fingerprint density at radius 1 is 1.38 bits per heavy atom. The molecule has 96 valence electrons. The molecule has 2 unspecified atom stereocenters. The summed E-state index contributed by atoms with van der Waals surface area (Å²) < 4.78 is 5.11. The average Bonchev–Trinajstić information content (AvgIpc) is 2.35. The molecule has 0 aromatic rings. The minimum absolute atomic E-state index is 0.465. The molecule has 0 aromatic carbocycles. The van der Waals surface area contributed by atoms with Crippen LogP contribution in [0.25, 0.3) is 0 Å². The van der Waals surface area contributed by atoms with Crippen molar-refractivity contribution in [2.75, 3.05) is 20.3 Å². The van der Waals surface area contributed by atoms with Gasteiger partial charge in [0.25, 0.3) is 0 Å². The number of unbranched alkanes of at least 4 members (excludes halogenated alkanes) is 1. The lowest BCUT2D eigenvalue weighted by atomic mass is 9.66. The molecule has 1 rings (SSSR count). The molecule has 0 heterocycles. The summed E-state index contributed by atoms with van der Waals surface area (Å²) in [5, 5.41) is 0. The first-order valence-electron chi connectivity index (χ1n) is 6.95. The van der Waals surface area contributed by atoms with Crippen LogP contribution in [0.15, 0.2) is 0 Å². The van der Waals surface area contributed by atoms with Gasteiger partial charge < -0.3 is 10.5 Å². The van der Waals surface area contributed by atoms with Crippen molar-refractivity contribution in [3.63, 3.8) is 0 Å². The zero-order valence-corrected chi connectivity index (χ0v) is 11.1. The number of hydrogen-bond acceptors (Lipinski definition) is 2. The standard InChI is InChI=1S/C14H29NO/c1-3-13-7-6-9-14(11-13,12-15)8-4-5-10-16-2/h13H,3-12,15H2,1-2H3. The van der Waals surface area contributed by atoms with Gasteiger partial charge in [-0.05, 0) is 43.6 Å². The lowest BCUT2D eigenvalue weighted by Gasteiger charge is -2.40. The largest absolute Gasteiger partial charge is 0.385 e. The van der Waals surface area contributed by atoms with Gasteiger partial charge in [0.05, 0.1) is 0 Å². The van der Waals surface area contributed by atoms with Crippen molar-refractivity contribution >= 4 is 0 Å². The third-order valence-corrected chi connectivity index (χ3v) is 4.36. The first kappa shape index (κ1) is 14.0. The maximum atomic E-state index is 6.04. The summed E-state index contributed by atoms with van der Waals surface area (Å²) in [7, 11) is 1.78. The van der Waals surface area contributed by atoms with Crippen LogP contribution in [-0.2, 0) is 4.74 Å². The molecule has 2 N–H and O–H groups in total. The van der Waals surface area contributed by atoms with Crippen LogP contribution >= 0.6 is 0 Å². The van der Waals surface area contributed by atoms with Crippen LogP contribution in [0.3, 0.4) is 0 Å². The molecule has 2 heteroatoms. The summed E-state index contributed by atoms with van der Waals surface area (Å²) in [6.07, 6.45) is 10.6. The highest BCUT2D eigenvalue weighted by molar-refractivity contribution is 4.86. The zero-order chi connectivity index (χ0) is 11.9. The number of ether oxygens (including phenoxy) is 1. The second-order valence-corrected chi connectivity index (χ2v) is 5.52. The van der Waals surface area contributed by atoms with Gasteiger partial charge in [-0.3, -0.25) is 0 Å². The minimum Gasteiger partial charge on any atom is -0.385 e. The second-order valence-electron chi connectivity index (χ2n) is 5.52. The normalized spacial score (nSPS) is 30.6. The Labute approximate surface area is 101 Å². The highest BCUT2D eigenvalue weighted by Gasteiger charge is 2.33. The van der Waals surface area contributed by atoms with Gasteiger partial charge >= 0.3 is 0 Å². The molecule has 0 spiro atoms. The first-order chi connectivity index (χ1) is 7.76. The van der Waals surface area contributed by atoms with E-state index in [0.717, 1.165) is 19.1 Å². The van der Waals surface area contributed by atoms with Crippen molar-refractivity contribution in [3.8, 4) is 0 Å². The molecule has 1 aliphatic carbocycles. The fourth-order valence-electron chi connectivity index (χ4n) is 3.19. The maximum Gasteiger partial charge on any atom is 0.0462 e. The molecule has 0 aromatic heterocycles. The summed E-state index contributed by atoms with van der Waals surface area (Å²) in [4.78, 5) is 0. The molecule has 1 aliphatic rings. The molecule has 1 saturated carbocycles. The lowest BCUT2D eigenvalue weighted by Crippen LogP contribution is -2.35. The summed E-state index contributed by atoms with van der Waals surface area (Å²) in [6.45, 7) is 4.11. The molecule has 0 aliphatic heterocycles. The van der Waals surface area contributed by atoms with Crippen LogP contribution in [0.1, 0.15) is 58.3 Å². The Morgan fingerprint density at radius 3 is 2.81 bits per heavy atom. The van der Waals surface area contributed by atoms with E-state index >= 15 is 0 Å². The highest BCUT2D eigenvalue weighted by Crippen LogP contribution is 2.43. The van der Waals surface area contributed by atoms with Gasteiger partial charge in [0.15, 0.2) is 0 Å². The van der Waals surface area contributed by atoms with Crippen LogP contribution in [0, 0.1) is 11.3 Å². The van der Waals surface area contributed by atoms with Crippen LogP contribution in [-0.4, -0.2) is 20.3 Å². The monoisotopic (exact) mass is 227 g/mol. The summed E-state index contributed by atoms with van der Waals surface area (Å²) in [5.41, 5.74) is 6.50. The van der Waals surface area contributed by atoms with Gasteiger partial charge in [0.2, 0.25) is 0 Å². The predicted molar refractivity (Wildman–Crippen MR) is 69.5 cm³/mol. The van der Waals surface area contributed by atoms with E-state index in [1.54, 1.807) is 7.11 Å². The molecule has 16 heavy (non-hydrogen) atoms. The van der Waals surface area contributed by atoms with Crippen LogP contribution in [0.2, 0.25) is 0 Å². The van der Waals surface area contributed by atoms with E-state index in [0.29, 0.717) is 5.41 Å². The summed E-state index contributed by atoms with van der Waals surface area (Å²) in [5.74, 6) is 0.930. The number of rotatable bonds is 7. The third-order valence-electron chi connectivity index (χ3n) is 4.36. The van der Waals surface area contributed by atoms with Gasteiger partial charge in [0, 0.05) is 13.7 Å². The Kier molecular flexibility index (Phi) is 6.37. The maximum absolute atomic E-state index is 6.04.